The molecule has 7 heteroatoms. The van der Waals surface area contributed by atoms with Crippen molar-refractivity contribution in [1.82, 2.24) is 0 Å². The van der Waals surface area contributed by atoms with Crippen molar-refractivity contribution in [2.45, 2.75) is 128 Å². The highest BCUT2D eigenvalue weighted by Crippen LogP contribution is 2.69. The monoisotopic (exact) mass is 530 g/mol. The summed E-state index contributed by atoms with van der Waals surface area (Å²) in [5, 5.41) is 33.0. The smallest absolute Gasteiger partial charge is 0.303 e. The van der Waals surface area contributed by atoms with Gasteiger partial charge in [0.1, 0.15) is 6.10 Å². The zero-order chi connectivity index (χ0) is 27.5. The first-order valence-corrected chi connectivity index (χ1v) is 15.0. The predicted molar refractivity (Wildman–Crippen MR) is 147 cm³/mol. The van der Waals surface area contributed by atoms with Crippen LogP contribution < -0.4 is 11.5 Å². The molecule has 0 aliphatic heterocycles. The number of aliphatic hydroxyl groups excluding tert-OH is 3. The van der Waals surface area contributed by atoms with Crippen LogP contribution in [0.25, 0.3) is 0 Å². The van der Waals surface area contributed by atoms with Crippen LogP contribution in [-0.4, -0.2) is 57.8 Å². The standard InChI is InChI=1S/C31H50N2O5/c1-18(35)38-25-16-30(3)22(26(25)20(17-34)10-6-9-19-7-4-5-8-19)15-24(37)28-29(2)13-12-23(36)27(32)21(29)11-14-31(28,30)33/h9,21-25,27-28,34,36-37H,4-8,10-17,32-33H2,1-3H3/b26-20-/t21-,22-,23+,24+,25-,27-,28-,29-,30-,31+/m0/s1. The number of carbonyl (C=O) groups excluding carboxylic acids is 1. The minimum atomic E-state index is -0.671. The van der Waals surface area contributed by atoms with Crippen molar-refractivity contribution in [2.24, 2.45) is 40.1 Å². The predicted octanol–water partition coefficient (Wildman–Crippen LogP) is 3.49. The van der Waals surface area contributed by atoms with E-state index in [1.54, 1.807) is 0 Å². The van der Waals surface area contributed by atoms with Crippen LogP contribution in [0.4, 0.5) is 0 Å². The van der Waals surface area contributed by atoms with Gasteiger partial charge >= 0.3 is 5.97 Å². The average Bonchev–Trinajstić information content (AvgIpc) is 3.46. The third-order valence-corrected chi connectivity index (χ3v) is 11.9. The maximum Gasteiger partial charge on any atom is 0.303 e. The summed E-state index contributed by atoms with van der Waals surface area (Å²) in [5.41, 5.74) is 16.2. The molecular formula is C31H50N2O5. The van der Waals surface area contributed by atoms with Crippen LogP contribution in [0.15, 0.2) is 22.8 Å². The van der Waals surface area contributed by atoms with E-state index in [-0.39, 0.29) is 41.8 Å². The summed E-state index contributed by atoms with van der Waals surface area (Å²) in [7, 11) is 0. The van der Waals surface area contributed by atoms with Crippen molar-refractivity contribution in [2.75, 3.05) is 6.61 Å². The lowest BCUT2D eigenvalue weighted by Gasteiger charge is -2.68. The second kappa shape index (κ2) is 10.3. The Morgan fingerprint density at radius 1 is 1.13 bits per heavy atom. The molecule has 38 heavy (non-hydrogen) atoms. The van der Waals surface area contributed by atoms with Crippen molar-refractivity contribution < 1.29 is 24.9 Å². The molecule has 7 nitrogen and oxygen atoms in total. The number of carbonyl (C=O) groups is 1. The molecular weight excluding hydrogens is 480 g/mol. The number of fused-ring (bicyclic) bond motifs is 5. The van der Waals surface area contributed by atoms with Crippen LogP contribution >= 0.6 is 0 Å². The molecule has 7 N–H and O–H groups in total. The van der Waals surface area contributed by atoms with Gasteiger partial charge in [0.2, 0.25) is 0 Å². The van der Waals surface area contributed by atoms with Crippen molar-refractivity contribution in [3.05, 3.63) is 22.8 Å². The fourth-order valence-corrected chi connectivity index (χ4v) is 10.1. The Morgan fingerprint density at radius 3 is 2.50 bits per heavy atom. The van der Waals surface area contributed by atoms with E-state index in [0.29, 0.717) is 25.7 Å². The van der Waals surface area contributed by atoms with E-state index < -0.39 is 29.3 Å². The van der Waals surface area contributed by atoms with E-state index in [9.17, 15) is 20.1 Å². The molecule has 5 saturated carbocycles. The molecule has 10 atom stereocenters. The zero-order valence-corrected chi connectivity index (χ0v) is 23.6. The van der Waals surface area contributed by atoms with Crippen LogP contribution in [0.3, 0.4) is 0 Å². The maximum absolute atomic E-state index is 12.3. The first-order chi connectivity index (χ1) is 18.0. The summed E-state index contributed by atoms with van der Waals surface area (Å²) in [4.78, 5) is 12.3. The summed E-state index contributed by atoms with van der Waals surface area (Å²) in [6.07, 6.45) is 11.3. The van der Waals surface area contributed by atoms with Gasteiger partial charge in [-0.2, -0.15) is 0 Å². The van der Waals surface area contributed by atoms with E-state index in [4.69, 9.17) is 16.2 Å². The Labute approximate surface area is 228 Å². The van der Waals surface area contributed by atoms with Gasteiger partial charge in [0.15, 0.2) is 0 Å². The molecule has 0 spiro atoms. The quantitative estimate of drug-likeness (QED) is 0.271. The lowest BCUT2D eigenvalue weighted by Crippen LogP contribution is -2.75. The van der Waals surface area contributed by atoms with E-state index in [1.807, 2.05) is 0 Å². The highest BCUT2D eigenvalue weighted by molar-refractivity contribution is 5.66. The second-order valence-electron chi connectivity index (χ2n) is 13.8. The fourth-order valence-electron chi connectivity index (χ4n) is 10.1. The number of aliphatic hydroxyl groups is 3. The third-order valence-electron chi connectivity index (χ3n) is 11.9. The summed E-state index contributed by atoms with van der Waals surface area (Å²) >= 11 is 0. The molecule has 0 aromatic carbocycles. The number of rotatable bonds is 5. The van der Waals surface area contributed by atoms with Crippen LogP contribution in [0.1, 0.15) is 97.8 Å². The van der Waals surface area contributed by atoms with Crippen LogP contribution in [0, 0.1) is 28.6 Å². The number of esters is 1. The summed E-state index contributed by atoms with van der Waals surface area (Å²) in [6, 6.07) is -0.307. The largest absolute Gasteiger partial charge is 0.458 e. The normalized spacial score (nSPS) is 47.7. The molecule has 5 rings (SSSR count). The molecule has 0 radical (unpaired) electrons. The Bertz CT molecular complexity index is 987. The topological polar surface area (TPSA) is 139 Å². The van der Waals surface area contributed by atoms with Crippen molar-refractivity contribution >= 4 is 5.97 Å². The van der Waals surface area contributed by atoms with Crippen LogP contribution in [0.2, 0.25) is 0 Å². The minimum absolute atomic E-state index is 0.0626. The second-order valence-corrected chi connectivity index (χ2v) is 13.8. The van der Waals surface area contributed by atoms with E-state index in [2.05, 4.69) is 19.9 Å². The van der Waals surface area contributed by atoms with Gasteiger partial charge in [-0.1, -0.05) is 25.5 Å². The molecule has 0 unspecified atom stereocenters. The number of ether oxygens (including phenoxy) is 1. The van der Waals surface area contributed by atoms with Gasteiger partial charge in [0.05, 0.1) is 18.8 Å². The molecule has 5 fully saturated rings. The number of allylic oxidation sites excluding steroid dienone is 2. The molecule has 214 valence electrons. The first kappa shape index (κ1) is 28.3. The van der Waals surface area contributed by atoms with Crippen molar-refractivity contribution in [1.29, 1.82) is 0 Å². The molecule has 5 aliphatic rings. The van der Waals surface area contributed by atoms with Gasteiger partial charge < -0.3 is 31.5 Å². The third kappa shape index (κ3) is 4.32. The molecule has 0 amide bonds. The first-order valence-electron chi connectivity index (χ1n) is 15.0. The minimum Gasteiger partial charge on any atom is -0.458 e. The lowest BCUT2D eigenvalue weighted by atomic mass is 9.39. The molecule has 0 heterocycles. The summed E-state index contributed by atoms with van der Waals surface area (Å²) in [5.74, 6) is -0.436. The van der Waals surface area contributed by atoms with Gasteiger partial charge in [-0.15, -0.1) is 0 Å². The fraction of sp³-hybridized carbons (Fsp3) is 0.839. The maximum atomic E-state index is 12.3. The van der Waals surface area contributed by atoms with Gasteiger partial charge in [-0.3, -0.25) is 4.79 Å². The Morgan fingerprint density at radius 2 is 1.84 bits per heavy atom. The van der Waals surface area contributed by atoms with E-state index >= 15 is 0 Å². The molecule has 0 aromatic rings. The van der Waals surface area contributed by atoms with Crippen molar-refractivity contribution in [3.63, 3.8) is 0 Å². The SMILES string of the molecule is CC(=O)O[C@H]1C[C@@]2(C)[C@@H](C[C@@H](O)[C@H]3[C@@]4(C)CC[C@@H](O)[C@@H](N)[C@@H]4CC[C@@]32N)/C1=C(/CO)CCC=C1CCCC1. The van der Waals surface area contributed by atoms with Gasteiger partial charge in [0.25, 0.3) is 0 Å². The Balaban J connectivity index is 1.52. The number of nitrogens with two attached hydrogens (primary N) is 2. The number of hydrogen-bond donors (Lipinski definition) is 5. The Kier molecular flexibility index (Phi) is 7.66. The molecule has 5 aliphatic carbocycles. The van der Waals surface area contributed by atoms with Crippen LogP contribution in [0.5, 0.6) is 0 Å². The van der Waals surface area contributed by atoms with E-state index in [1.165, 1.54) is 38.2 Å². The average molecular weight is 531 g/mol. The van der Waals surface area contributed by atoms with Gasteiger partial charge in [0, 0.05) is 24.4 Å². The summed E-state index contributed by atoms with van der Waals surface area (Å²) < 4.78 is 5.95. The zero-order valence-electron chi connectivity index (χ0n) is 23.6. The lowest BCUT2D eigenvalue weighted by molar-refractivity contribution is -0.193. The molecule has 0 saturated heterocycles. The van der Waals surface area contributed by atoms with Gasteiger partial charge in [-0.05, 0) is 111 Å². The molecule has 0 aromatic heterocycles. The van der Waals surface area contributed by atoms with Crippen molar-refractivity contribution in [3.8, 4) is 0 Å². The summed E-state index contributed by atoms with van der Waals surface area (Å²) in [6.45, 7) is 5.83. The van der Waals surface area contributed by atoms with E-state index in [0.717, 1.165) is 36.8 Å². The highest BCUT2D eigenvalue weighted by Gasteiger charge is 2.71. The highest BCUT2D eigenvalue weighted by atomic mass is 16.5. The van der Waals surface area contributed by atoms with Gasteiger partial charge in [-0.25, -0.2) is 0 Å². The Hall–Kier alpha value is -1.25. The molecule has 0 bridgehead atoms. The van der Waals surface area contributed by atoms with Crippen LogP contribution in [-0.2, 0) is 9.53 Å². The number of hydrogen-bond acceptors (Lipinski definition) is 7.